The van der Waals surface area contributed by atoms with E-state index in [0.717, 1.165) is 16.9 Å². The summed E-state index contributed by atoms with van der Waals surface area (Å²) in [6.45, 7) is 4.28. The lowest BCUT2D eigenvalue weighted by molar-refractivity contribution is -0.120. The number of carbonyl (C=O) groups excluding carboxylic acids is 2. The molecule has 0 aliphatic heterocycles. The van der Waals surface area contributed by atoms with Gasteiger partial charge in [-0.2, -0.15) is 0 Å². The van der Waals surface area contributed by atoms with Crippen molar-refractivity contribution < 1.29 is 18.7 Å². The molecule has 2 amide bonds. The number of halogens is 1. The molecule has 6 heteroatoms. The van der Waals surface area contributed by atoms with E-state index in [1.54, 1.807) is 36.3 Å². The van der Waals surface area contributed by atoms with Crippen molar-refractivity contribution in [2.75, 3.05) is 18.6 Å². The zero-order chi connectivity index (χ0) is 22.9. The molecule has 0 aliphatic rings. The quantitative estimate of drug-likeness (QED) is 0.506. The van der Waals surface area contributed by atoms with Crippen LogP contribution in [-0.2, 0) is 17.8 Å². The van der Waals surface area contributed by atoms with Crippen molar-refractivity contribution in [3.05, 3.63) is 108 Å². The van der Waals surface area contributed by atoms with E-state index in [1.165, 1.54) is 18.2 Å². The topological polar surface area (TPSA) is 58.6 Å². The first-order valence-corrected chi connectivity index (χ1v) is 10.2. The molecular formula is C26H25FN2O3. The van der Waals surface area contributed by atoms with Gasteiger partial charge in [0.05, 0.1) is 20.1 Å². The molecule has 0 atom stereocenters. The Bertz CT molecular complexity index is 1080. The minimum atomic E-state index is -0.471. The summed E-state index contributed by atoms with van der Waals surface area (Å²) < 4.78 is 18.9. The fourth-order valence-electron chi connectivity index (χ4n) is 3.20. The second-order valence-corrected chi connectivity index (χ2v) is 7.19. The van der Waals surface area contributed by atoms with Crippen LogP contribution in [0.1, 0.15) is 21.5 Å². The molecule has 0 fully saturated rings. The fourth-order valence-corrected chi connectivity index (χ4v) is 3.20. The van der Waals surface area contributed by atoms with E-state index >= 15 is 0 Å². The lowest BCUT2D eigenvalue weighted by Crippen LogP contribution is -2.30. The van der Waals surface area contributed by atoms with Crippen molar-refractivity contribution in [1.29, 1.82) is 0 Å². The number of nitrogens with zero attached hydrogens (tertiary/aromatic N) is 1. The molecule has 5 nitrogen and oxygen atoms in total. The van der Waals surface area contributed by atoms with Crippen molar-refractivity contribution in [2.45, 2.75) is 13.0 Å². The Morgan fingerprint density at radius 1 is 1.03 bits per heavy atom. The van der Waals surface area contributed by atoms with Crippen molar-refractivity contribution in [2.24, 2.45) is 0 Å². The van der Waals surface area contributed by atoms with Gasteiger partial charge in [-0.1, -0.05) is 36.4 Å². The summed E-state index contributed by atoms with van der Waals surface area (Å²) in [7, 11) is 1.59. The average Bonchev–Trinajstić information content (AvgIpc) is 2.82. The zero-order valence-corrected chi connectivity index (χ0v) is 17.9. The summed E-state index contributed by atoms with van der Waals surface area (Å²) in [4.78, 5) is 26.8. The van der Waals surface area contributed by atoms with E-state index < -0.39 is 5.82 Å². The number of anilines is 1. The molecule has 32 heavy (non-hydrogen) atoms. The number of carbonyl (C=O) groups is 2. The molecule has 0 bridgehead atoms. The molecule has 0 aliphatic carbocycles. The van der Waals surface area contributed by atoms with Gasteiger partial charge in [-0.05, 0) is 53.6 Å². The van der Waals surface area contributed by atoms with E-state index in [0.29, 0.717) is 18.8 Å². The molecule has 0 saturated carbocycles. The monoisotopic (exact) mass is 432 g/mol. The van der Waals surface area contributed by atoms with E-state index in [4.69, 9.17) is 4.74 Å². The van der Waals surface area contributed by atoms with Crippen molar-refractivity contribution in [3.8, 4) is 5.75 Å². The van der Waals surface area contributed by atoms with Crippen LogP contribution in [0.5, 0.6) is 5.75 Å². The predicted molar refractivity (Wildman–Crippen MR) is 123 cm³/mol. The van der Waals surface area contributed by atoms with Crippen molar-refractivity contribution in [3.63, 3.8) is 0 Å². The van der Waals surface area contributed by atoms with Crippen LogP contribution < -0.4 is 15.0 Å². The normalized spacial score (nSPS) is 10.3. The number of hydrogen-bond donors (Lipinski definition) is 1. The second-order valence-electron chi connectivity index (χ2n) is 7.19. The first kappa shape index (κ1) is 22.7. The Labute approximate surface area is 187 Å². The van der Waals surface area contributed by atoms with Crippen LogP contribution in [0.4, 0.5) is 10.1 Å². The van der Waals surface area contributed by atoms with Crippen LogP contribution >= 0.6 is 0 Å². The molecule has 0 saturated heterocycles. The van der Waals surface area contributed by atoms with Gasteiger partial charge in [0.25, 0.3) is 5.91 Å². The minimum Gasteiger partial charge on any atom is -0.497 e. The van der Waals surface area contributed by atoms with Gasteiger partial charge in [-0.25, -0.2) is 4.39 Å². The van der Waals surface area contributed by atoms with Gasteiger partial charge in [0.2, 0.25) is 5.91 Å². The van der Waals surface area contributed by atoms with Gasteiger partial charge in [0, 0.05) is 17.8 Å². The highest BCUT2D eigenvalue weighted by Gasteiger charge is 2.19. The lowest BCUT2D eigenvalue weighted by atomic mass is 10.1. The van der Waals surface area contributed by atoms with Crippen molar-refractivity contribution in [1.82, 2.24) is 5.32 Å². The highest BCUT2D eigenvalue weighted by Crippen LogP contribution is 2.23. The first-order chi connectivity index (χ1) is 15.5. The van der Waals surface area contributed by atoms with E-state index in [9.17, 15) is 14.0 Å². The summed E-state index contributed by atoms with van der Waals surface area (Å²) >= 11 is 0. The molecule has 3 rings (SSSR count). The number of ether oxygens (including phenoxy) is 1. The SMILES string of the molecule is C=CCNC(=O)Cc1ccc(N(Cc2ccc(OC)cc2)C(=O)c2cccc(F)c2)cc1. The largest absolute Gasteiger partial charge is 0.497 e. The zero-order valence-electron chi connectivity index (χ0n) is 17.9. The Hall–Kier alpha value is -3.93. The molecule has 0 heterocycles. The summed E-state index contributed by atoms with van der Waals surface area (Å²) in [5.41, 5.74) is 2.61. The molecule has 1 N–H and O–H groups in total. The maximum atomic E-state index is 13.7. The molecule has 164 valence electrons. The first-order valence-electron chi connectivity index (χ1n) is 10.2. The third kappa shape index (κ3) is 6.04. The molecule has 3 aromatic rings. The fraction of sp³-hybridized carbons (Fsp3) is 0.154. The molecule has 0 unspecified atom stereocenters. The number of hydrogen-bond acceptors (Lipinski definition) is 3. The summed E-state index contributed by atoms with van der Waals surface area (Å²) in [6.07, 6.45) is 1.85. The molecular weight excluding hydrogens is 407 g/mol. The summed E-state index contributed by atoms with van der Waals surface area (Å²) in [5.74, 6) is -0.183. The maximum absolute atomic E-state index is 13.7. The summed E-state index contributed by atoms with van der Waals surface area (Å²) in [6, 6.07) is 20.2. The number of methoxy groups -OCH3 is 1. The summed E-state index contributed by atoms with van der Waals surface area (Å²) in [5, 5.41) is 2.74. The van der Waals surface area contributed by atoms with E-state index in [2.05, 4.69) is 11.9 Å². The Morgan fingerprint density at radius 3 is 2.34 bits per heavy atom. The molecule has 0 radical (unpaired) electrons. The Kier molecular flexibility index (Phi) is 7.75. The van der Waals surface area contributed by atoms with Crippen LogP contribution in [0.3, 0.4) is 0 Å². The number of nitrogens with one attached hydrogen (secondary N) is 1. The Morgan fingerprint density at radius 2 is 1.72 bits per heavy atom. The van der Waals surface area contributed by atoms with Crippen LogP contribution in [0.15, 0.2) is 85.5 Å². The Balaban J connectivity index is 1.86. The van der Waals surface area contributed by atoms with Crippen LogP contribution in [-0.4, -0.2) is 25.5 Å². The number of rotatable bonds is 9. The number of benzene rings is 3. The smallest absolute Gasteiger partial charge is 0.258 e. The lowest BCUT2D eigenvalue weighted by Gasteiger charge is -2.24. The predicted octanol–water partition coefficient (Wildman–Crippen LogP) is 4.53. The maximum Gasteiger partial charge on any atom is 0.258 e. The van der Waals surface area contributed by atoms with Crippen LogP contribution in [0.2, 0.25) is 0 Å². The standard InChI is InChI=1S/C26H25FN2O3/c1-3-15-28-25(30)16-19-7-11-23(12-8-19)29(18-20-9-13-24(32-2)14-10-20)26(31)21-5-4-6-22(27)17-21/h3-14,17H,1,15-16,18H2,2H3,(H,28,30). The van der Waals surface area contributed by atoms with E-state index in [-0.39, 0.29) is 23.8 Å². The van der Waals surface area contributed by atoms with Crippen LogP contribution in [0.25, 0.3) is 0 Å². The molecule has 0 spiro atoms. The van der Waals surface area contributed by atoms with Gasteiger partial charge in [-0.3, -0.25) is 9.59 Å². The minimum absolute atomic E-state index is 0.108. The third-order valence-electron chi connectivity index (χ3n) is 4.87. The van der Waals surface area contributed by atoms with Gasteiger partial charge < -0.3 is 15.0 Å². The van der Waals surface area contributed by atoms with E-state index in [1.807, 2.05) is 36.4 Å². The van der Waals surface area contributed by atoms with Crippen LogP contribution in [0, 0.1) is 5.82 Å². The highest BCUT2D eigenvalue weighted by atomic mass is 19.1. The second kappa shape index (κ2) is 10.9. The van der Waals surface area contributed by atoms with Crippen molar-refractivity contribution >= 4 is 17.5 Å². The van der Waals surface area contributed by atoms with Gasteiger partial charge in [0.1, 0.15) is 11.6 Å². The third-order valence-corrected chi connectivity index (χ3v) is 4.87. The number of amides is 2. The highest BCUT2D eigenvalue weighted by molar-refractivity contribution is 6.06. The van der Waals surface area contributed by atoms with Gasteiger partial charge in [0.15, 0.2) is 0 Å². The van der Waals surface area contributed by atoms with Gasteiger partial charge >= 0.3 is 0 Å². The molecule has 3 aromatic carbocycles. The average molecular weight is 432 g/mol. The molecule has 0 aromatic heterocycles. The van der Waals surface area contributed by atoms with Gasteiger partial charge in [-0.15, -0.1) is 6.58 Å².